The van der Waals surface area contributed by atoms with E-state index in [1.54, 1.807) is 0 Å². The Morgan fingerprint density at radius 1 is 0.373 bits per heavy atom. The molecule has 0 unspecified atom stereocenters. The maximum absolute atomic E-state index is 6.82. The summed E-state index contributed by atoms with van der Waals surface area (Å²) in [5, 5.41) is 6.93. The van der Waals surface area contributed by atoms with Crippen LogP contribution in [0.25, 0.3) is 76.9 Å². The fraction of sp³-hybridized carbons (Fsp3) is 0.171. The molecule has 2 aliphatic rings. The highest BCUT2D eigenvalue weighted by atomic mass is 16.3. The summed E-state index contributed by atoms with van der Waals surface area (Å²) in [5.74, 6) is 0.851. The standard InChI is InChI=1S/C70H58N2O2.BH/c1-41(2)43-27-31-45(32-28-43)71(61-23-15-21-53-50-18-11-13-25-64(50)73-67(53)61)47-35-36-48-55-38-59-56(39-58(55)69(5,6)57(48)37-47)66-52-20-10-9-17-49(52)63(40-60(66)70(59,7)8)72(46-33-29-44(30-34-46)42(3)4)62-24-16-22-54-51-19-12-14-26-65(51)74-68(54)62;/h9-42H,1-8H3;1H/i;1D. The molecule has 75 heavy (non-hydrogen) atoms. The van der Waals surface area contributed by atoms with Crippen molar-refractivity contribution in [1.29, 1.82) is 1.34 Å². The quantitative estimate of drug-likeness (QED) is 0.142. The van der Waals surface area contributed by atoms with Crippen molar-refractivity contribution < 1.29 is 8.83 Å². The van der Waals surface area contributed by atoms with Crippen LogP contribution in [0.3, 0.4) is 0 Å². The molecule has 5 heteroatoms. The van der Waals surface area contributed by atoms with Crippen molar-refractivity contribution in [2.75, 3.05) is 9.80 Å². The summed E-state index contributed by atoms with van der Waals surface area (Å²) in [6, 6.07) is 71.9. The van der Waals surface area contributed by atoms with Crippen LogP contribution in [0.4, 0.5) is 34.1 Å². The average Bonchev–Trinajstić information content (AvgIpc) is 4.19. The van der Waals surface area contributed by atoms with Crippen molar-refractivity contribution in [3.05, 3.63) is 228 Å². The first kappa shape index (κ1) is 45.3. The van der Waals surface area contributed by atoms with Gasteiger partial charge in [-0.1, -0.05) is 171 Å². The minimum atomic E-state index is -0.311. The number of rotatable bonds is 8. The van der Waals surface area contributed by atoms with Crippen LogP contribution in [0.15, 0.2) is 203 Å². The topological polar surface area (TPSA) is 32.8 Å². The Morgan fingerprint density at radius 2 is 0.813 bits per heavy atom. The van der Waals surface area contributed by atoms with E-state index in [-0.39, 0.29) is 10.8 Å². The Hall–Kier alpha value is -8.28. The summed E-state index contributed by atoms with van der Waals surface area (Å²) in [6.45, 7) is 18.7. The van der Waals surface area contributed by atoms with Gasteiger partial charge in [0.1, 0.15) is 11.2 Å². The smallest absolute Gasteiger partial charge is 0.159 e. The first-order valence-electron chi connectivity index (χ1n) is 27.0. The molecule has 14 rings (SSSR count). The first-order chi connectivity index (χ1) is 36.9. The zero-order valence-electron chi connectivity index (χ0n) is 44.9. The van der Waals surface area contributed by atoms with Crippen molar-refractivity contribution in [3.63, 3.8) is 0 Å². The number of hydrogen-bond acceptors (Lipinski definition) is 4. The summed E-state index contributed by atoms with van der Waals surface area (Å²) in [6.07, 6.45) is 0. The van der Waals surface area contributed by atoms with Crippen molar-refractivity contribution in [1.82, 2.24) is 0 Å². The van der Waals surface area contributed by atoms with Gasteiger partial charge in [-0.05, 0) is 153 Å². The third-order valence-corrected chi connectivity index (χ3v) is 16.8. The molecule has 2 aromatic heterocycles. The van der Waals surface area contributed by atoms with Crippen LogP contribution < -0.4 is 9.80 Å². The van der Waals surface area contributed by atoms with E-state index in [9.17, 15) is 0 Å². The Labute approximate surface area is 442 Å². The molecule has 2 heterocycles. The van der Waals surface area contributed by atoms with Crippen LogP contribution in [0.2, 0.25) is 0 Å². The monoisotopic (exact) mass is 971 g/mol. The summed E-state index contributed by atoms with van der Waals surface area (Å²) < 4.78 is 18.8. The highest BCUT2D eigenvalue weighted by Gasteiger charge is 2.43. The molecule has 0 amide bonds. The van der Waals surface area contributed by atoms with E-state index >= 15 is 0 Å². The van der Waals surface area contributed by atoms with E-state index < -0.39 is 0 Å². The summed E-state index contributed by atoms with van der Waals surface area (Å²) in [7, 11) is 3.75. The Balaban J connectivity index is 0.00000274. The molecule has 364 valence electrons. The molecule has 0 N–H and O–H groups in total. The molecule has 0 fully saturated rings. The van der Waals surface area contributed by atoms with Gasteiger partial charge in [-0.2, -0.15) is 0 Å². The van der Waals surface area contributed by atoms with Crippen LogP contribution in [-0.4, -0.2) is 9.71 Å². The lowest BCUT2D eigenvalue weighted by Crippen LogP contribution is -2.18. The molecule has 0 aliphatic heterocycles. The van der Waals surface area contributed by atoms with E-state index in [0.29, 0.717) is 11.8 Å². The fourth-order valence-electron chi connectivity index (χ4n) is 12.8. The van der Waals surface area contributed by atoms with Gasteiger partial charge < -0.3 is 18.6 Å². The highest BCUT2D eigenvalue weighted by Crippen LogP contribution is 2.60. The lowest BCUT2D eigenvalue weighted by atomic mass is 9.79. The molecule has 10 aromatic carbocycles. The third kappa shape index (κ3) is 6.83. The number of hydrogen-bond donors (Lipinski definition) is 0. The van der Waals surface area contributed by atoms with Gasteiger partial charge in [-0.15, -0.1) is 0 Å². The van der Waals surface area contributed by atoms with Gasteiger partial charge in [0.2, 0.25) is 0 Å². The summed E-state index contributed by atoms with van der Waals surface area (Å²) in [5.41, 5.74) is 22.7. The molecular formula is C70H59BN2O2. The minimum Gasteiger partial charge on any atom is -0.454 e. The highest BCUT2D eigenvalue weighted by molar-refractivity contribution is 6.15. The number of furan rings is 2. The second-order valence-corrected chi connectivity index (χ2v) is 22.5. The Kier molecular flexibility index (Phi) is 10.2. The first-order valence-corrected chi connectivity index (χ1v) is 26.4. The number of nitrogens with zero attached hydrogens (tertiary/aromatic N) is 2. The fourth-order valence-corrected chi connectivity index (χ4v) is 12.8. The zero-order valence-corrected chi connectivity index (χ0v) is 43.9. The van der Waals surface area contributed by atoms with E-state index in [1.165, 1.54) is 66.4 Å². The van der Waals surface area contributed by atoms with E-state index in [2.05, 4.69) is 268 Å². The molecule has 2 radical (unpaired) electrons. The molecule has 0 saturated heterocycles. The molecule has 0 saturated carbocycles. The van der Waals surface area contributed by atoms with Crippen LogP contribution >= 0.6 is 0 Å². The number of anilines is 6. The van der Waals surface area contributed by atoms with Crippen LogP contribution in [0.5, 0.6) is 0 Å². The van der Waals surface area contributed by atoms with E-state index in [4.69, 9.17) is 10.2 Å². The molecule has 4 nitrogen and oxygen atoms in total. The second-order valence-electron chi connectivity index (χ2n) is 22.5. The van der Waals surface area contributed by atoms with Crippen molar-refractivity contribution in [3.8, 4) is 22.3 Å². The van der Waals surface area contributed by atoms with Crippen LogP contribution in [-0.2, 0) is 10.8 Å². The lowest BCUT2D eigenvalue weighted by Gasteiger charge is -2.30. The predicted molar refractivity (Wildman–Crippen MR) is 318 cm³/mol. The van der Waals surface area contributed by atoms with Crippen LogP contribution in [0.1, 0.15) is 101 Å². The maximum atomic E-state index is 6.82. The van der Waals surface area contributed by atoms with Gasteiger partial charge in [0.25, 0.3) is 0 Å². The SMILES string of the molecule is CC(C)c1ccc(N(c2ccc3c(c2)C(C)(C)c2cc4c(cc2-3)C(C)(C)c2cc(N(c3ccc(C(C)C)cc3)c3cccc5c3oc3ccccc35)c3ccccc3c2-4)c2cccc3c2oc2ccccc23)cc1.[2H][B]. The lowest BCUT2D eigenvalue weighted by molar-refractivity contribution is 0.652. The predicted octanol–water partition coefficient (Wildman–Crippen LogP) is 19.8. The number of fused-ring (bicyclic) bond motifs is 14. The number of benzene rings is 10. The Morgan fingerprint density at radius 3 is 1.39 bits per heavy atom. The van der Waals surface area contributed by atoms with Gasteiger partial charge >= 0.3 is 0 Å². The summed E-state index contributed by atoms with van der Waals surface area (Å²) >= 11 is 0. The van der Waals surface area contributed by atoms with E-state index in [1.807, 2.05) is 0 Å². The van der Waals surface area contributed by atoms with Crippen LogP contribution in [0, 0.1) is 0 Å². The number of para-hydroxylation sites is 4. The van der Waals surface area contributed by atoms with Crippen molar-refractivity contribution in [2.45, 2.75) is 78.1 Å². The second kappa shape index (κ2) is 16.9. The van der Waals surface area contributed by atoms with Crippen molar-refractivity contribution in [2.24, 2.45) is 0 Å². The largest absolute Gasteiger partial charge is 0.454 e. The zero-order chi connectivity index (χ0) is 52.4. The molecule has 0 atom stereocenters. The molecule has 2 aliphatic carbocycles. The summed E-state index contributed by atoms with van der Waals surface area (Å²) in [4.78, 5) is 4.85. The Bertz CT molecular complexity index is 4270. The van der Waals surface area contributed by atoms with Gasteiger partial charge in [-0.25, -0.2) is 0 Å². The van der Waals surface area contributed by atoms with Crippen molar-refractivity contribution >= 4 is 97.2 Å². The molecule has 0 spiro atoms. The molecule has 12 aromatic rings. The average molecular weight is 972 g/mol. The van der Waals surface area contributed by atoms with Gasteiger partial charge in [0.15, 0.2) is 11.2 Å². The van der Waals surface area contributed by atoms with Gasteiger partial charge in [0.05, 0.1) is 17.1 Å². The maximum Gasteiger partial charge on any atom is 0.159 e. The van der Waals surface area contributed by atoms with E-state index in [0.717, 1.165) is 78.0 Å². The molecule has 0 bridgehead atoms. The van der Waals surface area contributed by atoms with Gasteiger partial charge in [0, 0.05) is 63.2 Å². The third-order valence-electron chi connectivity index (χ3n) is 16.8. The van der Waals surface area contributed by atoms with Gasteiger partial charge in [-0.3, -0.25) is 0 Å². The molecular weight excluding hydrogens is 912 g/mol. The minimum absolute atomic E-state index is 0.291. The normalized spacial score (nSPS) is 14.0.